The number of aliphatic carboxylic acids is 1. The second kappa shape index (κ2) is 6.57. The molecule has 2 saturated heterocycles. The zero-order chi connectivity index (χ0) is 17.4. The molecular formula is C17H23N3O4S. The van der Waals surface area contributed by atoms with E-state index in [4.69, 9.17) is 4.74 Å². The monoisotopic (exact) mass is 365 g/mol. The maximum absolute atomic E-state index is 12.6. The third kappa shape index (κ3) is 3.01. The lowest BCUT2D eigenvalue weighted by Gasteiger charge is -2.23. The van der Waals surface area contributed by atoms with Gasteiger partial charge in [0.2, 0.25) is 0 Å². The van der Waals surface area contributed by atoms with Crippen molar-refractivity contribution in [2.45, 2.75) is 38.0 Å². The number of urea groups is 1. The minimum atomic E-state index is -0.763. The molecule has 3 aliphatic rings. The molecule has 2 amide bonds. The second-order valence-corrected chi connectivity index (χ2v) is 8.18. The third-order valence-electron chi connectivity index (χ3n) is 5.96. The van der Waals surface area contributed by atoms with Crippen LogP contribution in [0.25, 0.3) is 0 Å². The lowest BCUT2D eigenvalue weighted by Crippen LogP contribution is -2.38. The number of fused-ring (bicyclic) bond motifs is 1. The Morgan fingerprint density at radius 2 is 2.16 bits per heavy atom. The van der Waals surface area contributed by atoms with Crippen LogP contribution < -0.4 is 5.32 Å². The molecule has 2 atom stereocenters. The van der Waals surface area contributed by atoms with Crippen molar-refractivity contribution in [1.29, 1.82) is 0 Å². The molecule has 136 valence electrons. The number of carboxylic acid groups (broad SMARTS) is 1. The first-order valence-corrected chi connectivity index (χ1v) is 9.79. The number of ether oxygens (including phenoxy) is 1. The Kier molecular flexibility index (Phi) is 4.41. The molecule has 1 aromatic heterocycles. The van der Waals surface area contributed by atoms with E-state index in [-0.39, 0.29) is 11.9 Å². The van der Waals surface area contributed by atoms with Crippen molar-refractivity contribution in [2.24, 2.45) is 11.3 Å². The number of hydrogen-bond donors (Lipinski definition) is 2. The molecule has 25 heavy (non-hydrogen) atoms. The second-order valence-electron chi connectivity index (χ2n) is 7.33. The summed E-state index contributed by atoms with van der Waals surface area (Å²) in [5.41, 5.74) is 0.275. The van der Waals surface area contributed by atoms with E-state index in [2.05, 4.69) is 10.3 Å². The lowest BCUT2D eigenvalue weighted by atomic mass is 9.81. The molecule has 3 heterocycles. The largest absolute Gasteiger partial charge is 0.481 e. The van der Waals surface area contributed by atoms with Gasteiger partial charge in [-0.05, 0) is 31.6 Å². The van der Waals surface area contributed by atoms with Crippen molar-refractivity contribution in [3.8, 4) is 0 Å². The summed E-state index contributed by atoms with van der Waals surface area (Å²) in [5, 5.41) is 15.1. The number of hydrogen-bond acceptors (Lipinski definition) is 5. The van der Waals surface area contributed by atoms with Crippen LogP contribution in [0, 0.1) is 11.3 Å². The van der Waals surface area contributed by atoms with Gasteiger partial charge in [-0.2, -0.15) is 0 Å². The van der Waals surface area contributed by atoms with E-state index >= 15 is 0 Å². The van der Waals surface area contributed by atoms with Crippen molar-refractivity contribution in [2.75, 3.05) is 31.6 Å². The van der Waals surface area contributed by atoms with Gasteiger partial charge in [-0.15, -0.1) is 11.3 Å². The molecule has 4 rings (SSSR count). The van der Waals surface area contributed by atoms with Gasteiger partial charge < -0.3 is 14.7 Å². The van der Waals surface area contributed by atoms with E-state index in [0.29, 0.717) is 30.6 Å². The first-order valence-electron chi connectivity index (χ1n) is 8.91. The number of nitrogens with zero attached hydrogens (tertiary/aromatic N) is 2. The maximum Gasteiger partial charge on any atom is 0.323 e. The molecule has 0 bridgehead atoms. The van der Waals surface area contributed by atoms with Crippen LogP contribution in [0.5, 0.6) is 0 Å². The quantitative estimate of drug-likeness (QED) is 0.859. The fraction of sp³-hybridized carbons (Fsp3) is 0.706. The molecule has 2 N–H and O–H groups in total. The summed E-state index contributed by atoms with van der Waals surface area (Å²) < 4.78 is 5.38. The average molecular weight is 365 g/mol. The molecule has 1 aliphatic carbocycles. The highest BCUT2D eigenvalue weighted by Crippen LogP contribution is 2.49. The van der Waals surface area contributed by atoms with Crippen LogP contribution in [0.2, 0.25) is 0 Å². The van der Waals surface area contributed by atoms with Gasteiger partial charge in [0.25, 0.3) is 0 Å². The van der Waals surface area contributed by atoms with Crippen LogP contribution in [0.1, 0.15) is 43.7 Å². The number of nitrogens with one attached hydrogen (secondary N) is 1. The molecule has 3 fully saturated rings. The predicted molar refractivity (Wildman–Crippen MR) is 92.9 cm³/mol. The topological polar surface area (TPSA) is 91.8 Å². The molecule has 0 aromatic carbocycles. The van der Waals surface area contributed by atoms with E-state index in [1.807, 2.05) is 5.38 Å². The molecule has 8 heteroatoms. The Balaban J connectivity index is 1.40. The number of aromatic nitrogens is 1. The van der Waals surface area contributed by atoms with Gasteiger partial charge in [0.1, 0.15) is 0 Å². The molecular weight excluding hydrogens is 342 g/mol. The standard InChI is InChI=1S/C17H23N3O4S/c21-14(22)17-5-1-2-12(17)8-20(10-17)16(23)19-15-18-13(9-25-15)11-3-6-24-7-4-11/h9,11-12H,1-8,10H2,(H,21,22)(H,18,19,23)/t12-,17+/m0/s1. The van der Waals surface area contributed by atoms with Gasteiger partial charge >= 0.3 is 12.0 Å². The van der Waals surface area contributed by atoms with E-state index in [1.165, 1.54) is 11.3 Å². The summed E-state index contributed by atoms with van der Waals surface area (Å²) >= 11 is 1.43. The number of likely N-dealkylation sites (tertiary alicyclic amines) is 1. The van der Waals surface area contributed by atoms with E-state index in [1.54, 1.807) is 4.90 Å². The van der Waals surface area contributed by atoms with Crippen molar-refractivity contribution in [3.05, 3.63) is 11.1 Å². The van der Waals surface area contributed by atoms with Crippen molar-refractivity contribution >= 4 is 28.5 Å². The number of carbonyl (C=O) groups is 2. The average Bonchev–Trinajstić information content (AvgIpc) is 3.29. The van der Waals surface area contributed by atoms with Gasteiger partial charge in [0.15, 0.2) is 5.13 Å². The highest BCUT2D eigenvalue weighted by Gasteiger charge is 2.55. The van der Waals surface area contributed by atoms with Crippen molar-refractivity contribution in [1.82, 2.24) is 9.88 Å². The SMILES string of the molecule is O=C(Nc1nc(C2CCOCC2)cs1)N1C[C@@H]2CCC[C@@]2(C(=O)O)C1. The van der Waals surface area contributed by atoms with Gasteiger partial charge in [-0.1, -0.05) is 6.42 Å². The van der Waals surface area contributed by atoms with Crippen molar-refractivity contribution in [3.63, 3.8) is 0 Å². The summed E-state index contributed by atoms with van der Waals surface area (Å²) in [7, 11) is 0. The van der Waals surface area contributed by atoms with Crippen LogP contribution >= 0.6 is 11.3 Å². The summed E-state index contributed by atoms with van der Waals surface area (Å²) in [6, 6.07) is -0.233. The van der Waals surface area contributed by atoms with Crippen LogP contribution in [0.3, 0.4) is 0 Å². The zero-order valence-electron chi connectivity index (χ0n) is 14.1. The molecule has 7 nitrogen and oxygen atoms in total. The number of carboxylic acids is 1. The summed E-state index contributed by atoms with van der Waals surface area (Å²) in [6.07, 6.45) is 4.43. The zero-order valence-corrected chi connectivity index (χ0v) is 14.9. The number of amides is 2. The Hall–Kier alpha value is -1.67. The van der Waals surface area contributed by atoms with Gasteiger partial charge in [0, 0.05) is 37.6 Å². The summed E-state index contributed by atoms with van der Waals surface area (Å²) in [5.74, 6) is -0.289. The minimum absolute atomic E-state index is 0.0739. The fourth-order valence-corrected chi connectivity index (χ4v) is 5.27. The highest BCUT2D eigenvalue weighted by atomic mass is 32.1. The smallest absolute Gasteiger partial charge is 0.323 e. The number of thiazole rings is 1. The molecule has 1 saturated carbocycles. The van der Waals surface area contributed by atoms with E-state index < -0.39 is 11.4 Å². The van der Waals surface area contributed by atoms with Crippen LogP contribution in [-0.4, -0.2) is 53.3 Å². The number of carbonyl (C=O) groups excluding carboxylic acids is 1. The number of rotatable bonds is 3. The van der Waals surface area contributed by atoms with E-state index in [0.717, 1.165) is 44.6 Å². The normalized spacial score (nSPS) is 29.6. The molecule has 0 unspecified atom stereocenters. The van der Waals surface area contributed by atoms with Gasteiger partial charge in [-0.25, -0.2) is 9.78 Å². The van der Waals surface area contributed by atoms with Crippen LogP contribution in [0.4, 0.5) is 9.93 Å². The number of anilines is 1. The Bertz CT molecular complexity index is 673. The molecule has 0 radical (unpaired) electrons. The van der Waals surface area contributed by atoms with Gasteiger partial charge in [0.05, 0.1) is 11.1 Å². The van der Waals surface area contributed by atoms with Crippen LogP contribution in [0.15, 0.2) is 5.38 Å². The maximum atomic E-state index is 12.6. The van der Waals surface area contributed by atoms with Gasteiger partial charge in [-0.3, -0.25) is 10.1 Å². The Labute approximate surface area is 150 Å². The summed E-state index contributed by atoms with van der Waals surface area (Å²) in [6.45, 7) is 2.35. The fourth-order valence-electron chi connectivity index (χ4n) is 4.49. The first kappa shape index (κ1) is 16.8. The van der Waals surface area contributed by atoms with Crippen molar-refractivity contribution < 1.29 is 19.4 Å². The van der Waals surface area contributed by atoms with Crippen LogP contribution in [-0.2, 0) is 9.53 Å². The van der Waals surface area contributed by atoms with E-state index in [9.17, 15) is 14.7 Å². The Morgan fingerprint density at radius 1 is 1.36 bits per heavy atom. The molecule has 2 aliphatic heterocycles. The molecule has 0 spiro atoms. The third-order valence-corrected chi connectivity index (χ3v) is 6.74. The first-order chi connectivity index (χ1) is 12.1. The Morgan fingerprint density at radius 3 is 2.88 bits per heavy atom. The lowest BCUT2D eigenvalue weighted by molar-refractivity contribution is -0.149. The minimum Gasteiger partial charge on any atom is -0.481 e. The summed E-state index contributed by atoms with van der Waals surface area (Å²) in [4.78, 5) is 30.5. The highest BCUT2D eigenvalue weighted by molar-refractivity contribution is 7.13. The predicted octanol–water partition coefficient (Wildman–Crippen LogP) is 2.76. The molecule has 1 aromatic rings.